The molecule has 0 fully saturated rings. The molecular weight excluding hydrogens is 234 g/mol. The van der Waals surface area contributed by atoms with Gasteiger partial charge < -0.3 is 9.84 Å². The average Bonchev–Trinajstić information content (AvgIpc) is 2.39. The molecule has 0 spiro atoms. The second kappa shape index (κ2) is 4.67. The molecule has 18 heavy (non-hydrogen) atoms. The molecule has 2 aromatic heterocycles. The Balaban J connectivity index is 2.62. The highest BCUT2D eigenvalue weighted by Crippen LogP contribution is 2.26. The highest BCUT2D eigenvalue weighted by molar-refractivity contribution is 5.98. The van der Waals surface area contributed by atoms with Gasteiger partial charge in [0.1, 0.15) is 22.8 Å². The number of fused-ring (bicyclic) bond motifs is 1. The zero-order valence-corrected chi connectivity index (χ0v) is 9.54. The summed E-state index contributed by atoms with van der Waals surface area (Å²) in [5.74, 6) is -0.996. The van der Waals surface area contributed by atoms with E-state index in [0.717, 1.165) is 0 Å². The number of aromatic hydroxyl groups is 1. The van der Waals surface area contributed by atoms with Crippen molar-refractivity contribution in [3.63, 3.8) is 0 Å². The van der Waals surface area contributed by atoms with Crippen LogP contribution in [0.5, 0.6) is 5.75 Å². The normalized spacial score (nSPS) is 10.0. The number of esters is 1. The van der Waals surface area contributed by atoms with Crippen molar-refractivity contribution in [2.45, 2.75) is 6.92 Å². The highest BCUT2D eigenvalue weighted by atomic mass is 16.5. The predicted octanol–water partition coefficient (Wildman–Crippen LogP) is 1.38. The van der Waals surface area contributed by atoms with Crippen LogP contribution in [0.1, 0.15) is 23.0 Å². The van der Waals surface area contributed by atoms with E-state index in [1.807, 2.05) is 6.07 Å². The second-order valence-electron chi connectivity index (χ2n) is 3.42. The molecule has 0 aliphatic rings. The van der Waals surface area contributed by atoms with Crippen molar-refractivity contribution in [2.24, 2.45) is 0 Å². The van der Waals surface area contributed by atoms with Gasteiger partial charge in [-0.3, -0.25) is 4.98 Å². The lowest BCUT2D eigenvalue weighted by atomic mass is 10.2. The average molecular weight is 243 g/mol. The van der Waals surface area contributed by atoms with Crippen LogP contribution in [-0.2, 0) is 4.74 Å². The van der Waals surface area contributed by atoms with Crippen molar-refractivity contribution in [3.8, 4) is 11.8 Å². The molecule has 90 valence electrons. The summed E-state index contributed by atoms with van der Waals surface area (Å²) < 4.78 is 4.78. The van der Waals surface area contributed by atoms with E-state index in [1.54, 1.807) is 13.0 Å². The molecule has 0 bridgehead atoms. The number of aromatic nitrogens is 2. The summed E-state index contributed by atoms with van der Waals surface area (Å²) in [6.45, 7) is 1.86. The molecule has 6 heteroatoms. The SMILES string of the molecule is CCOC(=O)c1cnc2ccc(C#N)nc2c1O. The molecule has 0 saturated carbocycles. The monoisotopic (exact) mass is 243 g/mol. The largest absolute Gasteiger partial charge is 0.505 e. The van der Waals surface area contributed by atoms with E-state index >= 15 is 0 Å². The molecule has 0 aliphatic carbocycles. The van der Waals surface area contributed by atoms with E-state index in [9.17, 15) is 9.90 Å². The van der Waals surface area contributed by atoms with Crippen LogP contribution in [0.15, 0.2) is 18.3 Å². The predicted molar refractivity (Wildman–Crippen MR) is 61.9 cm³/mol. The standard InChI is InChI=1S/C12H9N3O3/c1-2-18-12(17)8-6-14-9-4-3-7(5-13)15-10(9)11(8)16/h3-4,6H,2H2,1H3,(H,14,16). The Morgan fingerprint density at radius 2 is 2.33 bits per heavy atom. The second-order valence-corrected chi connectivity index (χ2v) is 3.42. The lowest BCUT2D eigenvalue weighted by Crippen LogP contribution is -2.06. The molecule has 1 N–H and O–H groups in total. The number of carbonyl (C=O) groups is 1. The Morgan fingerprint density at radius 1 is 1.56 bits per heavy atom. The summed E-state index contributed by atoms with van der Waals surface area (Å²) in [5.41, 5.74) is 0.590. The van der Waals surface area contributed by atoms with Gasteiger partial charge >= 0.3 is 5.97 Å². The lowest BCUT2D eigenvalue weighted by Gasteiger charge is -2.06. The van der Waals surface area contributed by atoms with Crippen molar-refractivity contribution in [1.29, 1.82) is 5.26 Å². The van der Waals surface area contributed by atoms with Crippen LogP contribution in [0.3, 0.4) is 0 Å². The number of nitriles is 1. The number of pyridine rings is 2. The van der Waals surface area contributed by atoms with Crippen molar-refractivity contribution >= 4 is 17.0 Å². The number of carbonyl (C=O) groups excluding carboxylic acids is 1. The molecule has 0 amide bonds. The summed E-state index contributed by atoms with van der Waals surface area (Å²) in [6.07, 6.45) is 1.23. The molecule has 2 aromatic rings. The van der Waals surface area contributed by atoms with Gasteiger partial charge in [-0.05, 0) is 19.1 Å². The third-order valence-corrected chi connectivity index (χ3v) is 2.30. The third-order valence-electron chi connectivity index (χ3n) is 2.30. The molecule has 0 radical (unpaired) electrons. The summed E-state index contributed by atoms with van der Waals surface area (Å²) >= 11 is 0. The highest BCUT2D eigenvalue weighted by Gasteiger charge is 2.17. The Morgan fingerprint density at radius 3 is 3.00 bits per heavy atom. The van der Waals surface area contributed by atoms with Crippen LogP contribution in [0.4, 0.5) is 0 Å². The van der Waals surface area contributed by atoms with Gasteiger partial charge in [-0.1, -0.05) is 0 Å². The number of hydrogen-bond donors (Lipinski definition) is 1. The van der Waals surface area contributed by atoms with Gasteiger partial charge in [0.25, 0.3) is 0 Å². The maximum atomic E-state index is 11.5. The number of hydrogen-bond acceptors (Lipinski definition) is 6. The van der Waals surface area contributed by atoms with E-state index in [-0.39, 0.29) is 29.1 Å². The first-order valence-electron chi connectivity index (χ1n) is 5.23. The first kappa shape index (κ1) is 11.8. The molecule has 6 nitrogen and oxygen atoms in total. The molecule has 2 rings (SSSR count). The molecule has 0 aliphatic heterocycles. The molecule has 0 unspecified atom stereocenters. The number of rotatable bonds is 2. The Hall–Kier alpha value is -2.68. The van der Waals surface area contributed by atoms with Crippen LogP contribution < -0.4 is 0 Å². The van der Waals surface area contributed by atoms with Gasteiger partial charge in [0, 0.05) is 6.20 Å². The van der Waals surface area contributed by atoms with Crippen LogP contribution in [0, 0.1) is 11.3 Å². The molecule has 0 aromatic carbocycles. The maximum absolute atomic E-state index is 11.5. The molecular formula is C12H9N3O3. The number of nitrogens with zero attached hydrogens (tertiary/aromatic N) is 3. The number of ether oxygens (including phenoxy) is 1. The van der Waals surface area contributed by atoms with Crippen LogP contribution >= 0.6 is 0 Å². The first-order chi connectivity index (χ1) is 8.67. The van der Waals surface area contributed by atoms with Crippen molar-refractivity contribution in [3.05, 3.63) is 29.6 Å². The fourth-order valence-electron chi connectivity index (χ4n) is 1.47. The zero-order valence-electron chi connectivity index (χ0n) is 9.54. The van der Waals surface area contributed by atoms with Crippen molar-refractivity contribution in [2.75, 3.05) is 6.61 Å². The van der Waals surface area contributed by atoms with Gasteiger partial charge in [0.2, 0.25) is 0 Å². The van der Waals surface area contributed by atoms with E-state index in [2.05, 4.69) is 9.97 Å². The summed E-state index contributed by atoms with van der Waals surface area (Å²) in [6, 6.07) is 4.89. The van der Waals surface area contributed by atoms with E-state index in [1.165, 1.54) is 12.3 Å². The minimum Gasteiger partial charge on any atom is -0.505 e. The summed E-state index contributed by atoms with van der Waals surface area (Å²) in [5, 5.41) is 18.7. The van der Waals surface area contributed by atoms with E-state index in [4.69, 9.17) is 10.00 Å². The fourth-order valence-corrected chi connectivity index (χ4v) is 1.47. The molecule has 2 heterocycles. The van der Waals surface area contributed by atoms with Gasteiger partial charge in [0.15, 0.2) is 5.75 Å². The van der Waals surface area contributed by atoms with Gasteiger partial charge in [-0.2, -0.15) is 5.26 Å². The summed E-state index contributed by atoms with van der Waals surface area (Å²) in [7, 11) is 0. The topological polar surface area (TPSA) is 96.1 Å². The van der Waals surface area contributed by atoms with Gasteiger partial charge in [0.05, 0.1) is 12.1 Å². The minimum atomic E-state index is -0.673. The lowest BCUT2D eigenvalue weighted by molar-refractivity contribution is 0.0523. The van der Waals surface area contributed by atoms with Crippen molar-refractivity contribution in [1.82, 2.24) is 9.97 Å². The zero-order chi connectivity index (χ0) is 13.1. The van der Waals surface area contributed by atoms with Crippen LogP contribution in [-0.4, -0.2) is 27.7 Å². The van der Waals surface area contributed by atoms with Gasteiger partial charge in [-0.25, -0.2) is 9.78 Å². The Labute approximate surface area is 102 Å². The fraction of sp³-hybridized carbons (Fsp3) is 0.167. The summed E-state index contributed by atoms with van der Waals surface area (Å²) in [4.78, 5) is 19.5. The molecule has 0 atom stereocenters. The third kappa shape index (κ3) is 1.94. The van der Waals surface area contributed by atoms with Crippen molar-refractivity contribution < 1.29 is 14.6 Å². The Bertz CT molecular complexity index is 661. The molecule has 0 saturated heterocycles. The minimum absolute atomic E-state index is 0.0630. The quantitative estimate of drug-likeness (QED) is 0.800. The van der Waals surface area contributed by atoms with Gasteiger partial charge in [-0.15, -0.1) is 0 Å². The van der Waals surface area contributed by atoms with E-state index < -0.39 is 5.97 Å². The van der Waals surface area contributed by atoms with Crippen LogP contribution in [0.2, 0.25) is 0 Å². The smallest absolute Gasteiger partial charge is 0.343 e. The van der Waals surface area contributed by atoms with Crippen LogP contribution in [0.25, 0.3) is 11.0 Å². The Kier molecular flexibility index (Phi) is 3.06. The maximum Gasteiger partial charge on any atom is 0.343 e. The first-order valence-corrected chi connectivity index (χ1v) is 5.23. The van der Waals surface area contributed by atoms with E-state index in [0.29, 0.717) is 5.52 Å².